The van der Waals surface area contributed by atoms with Gasteiger partial charge in [0.15, 0.2) is 5.69 Å². The van der Waals surface area contributed by atoms with Crippen molar-refractivity contribution in [2.75, 3.05) is 18.2 Å². The molecule has 1 saturated carbocycles. The van der Waals surface area contributed by atoms with Crippen molar-refractivity contribution in [3.05, 3.63) is 11.1 Å². The van der Waals surface area contributed by atoms with E-state index in [-0.39, 0.29) is 23.5 Å². The standard InChI is InChI=1S/C17H27N5O4S/c1-3-10-18-16(25)22(17-20-13(11-27-17)14(23)26-4-2)21-15(24)19-12-8-6-5-7-9-12/h11-12H,3-10H2,1-2H3,(H,18,25)(H2,19,21,24). The molecule has 1 fully saturated rings. The lowest BCUT2D eigenvalue weighted by molar-refractivity contribution is 0.0520. The van der Waals surface area contributed by atoms with Gasteiger partial charge in [-0.2, -0.15) is 5.01 Å². The predicted molar refractivity (Wildman–Crippen MR) is 103 cm³/mol. The van der Waals surface area contributed by atoms with Crippen molar-refractivity contribution in [2.45, 2.75) is 58.4 Å². The Bertz CT molecular complexity index is 645. The summed E-state index contributed by atoms with van der Waals surface area (Å²) in [7, 11) is 0. The predicted octanol–water partition coefficient (Wildman–Crippen LogP) is 2.79. The lowest BCUT2D eigenvalue weighted by Gasteiger charge is -2.25. The normalized spacial score (nSPS) is 14.3. The van der Waals surface area contributed by atoms with E-state index in [1.165, 1.54) is 11.8 Å². The number of esters is 1. The number of ether oxygens (including phenoxy) is 1. The van der Waals surface area contributed by atoms with Crippen LogP contribution in [0.1, 0.15) is 62.9 Å². The molecule has 0 spiro atoms. The maximum Gasteiger partial charge on any atom is 0.357 e. The molecule has 27 heavy (non-hydrogen) atoms. The lowest BCUT2D eigenvalue weighted by Crippen LogP contribution is -2.55. The van der Waals surface area contributed by atoms with Gasteiger partial charge in [-0.25, -0.2) is 24.8 Å². The number of anilines is 1. The summed E-state index contributed by atoms with van der Waals surface area (Å²) in [6, 6.07) is -0.882. The average molecular weight is 398 g/mol. The fourth-order valence-corrected chi connectivity index (χ4v) is 3.48. The summed E-state index contributed by atoms with van der Waals surface area (Å²) in [5.41, 5.74) is 2.64. The molecule has 0 bridgehead atoms. The quantitative estimate of drug-likeness (QED) is 0.505. The summed E-state index contributed by atoms with van der Waals surface area (Å²) >= 11 is 1.07. The Morgan fingerprint density at radius 2 is 2.00 bits per heavy atom. The van der Waals surface area contributed by atoms with Gasteiger partial charge < -0.3 is 15.4 Å². The van der Waals surface area contributed by atoms with Crippen LogP contribution in [0, 0.1) is 0 Å². The third-order valence-electron chi connectivity index (χ3n) is 4.05. The summed E-state index contributed by atoms with van der Waals surface area (Å²) in [4.78, 5) is 40.8. The highest BCUT2D eigenvalue weighted by Crippen LogP contribution is 2.20. The van der Waals surface area contributed by atoms with Gasteiger partial charge in [0.25, 0.3) is 0 Å². The number of carbonyl (C=O) groups is 3. The number of rotatable bonds is 6. The largest absolute Gasteiger partial charge is 0.461 e. The fraction of sp³-hybridized carbons (Fsp3) is 0.647. The Balaban J connectivity index is 2.07. The summed E-state index contributed by atoms with van der Waals surface area (Å²) < 4.78 is 4.91. The van der Waals surface area contributed by atoms with E-state index in [2.05, 4.69) is 21.0 Å². The molecule has 0 aromatic carbocycles. The van der Waals surface area contributed by atoms with Gasteiger partial charge in [0.05, 0.1) is 6.61 Å². The molecule has 1 aliphatic carbocycles. The number of nitrogens with one attached hydrogen (secondary N) is 3. The van der Waals surface area contributed by atoms with Gasteiger partial charge in [0.2, 0.25) is 5.13 Å². The number of hydrazine groups is 1. The molecular formula is C17H27N5O4S. The minimum absolute atomic E-state index is 0.0969. The monoisotopic (exact) mass is 397 g/mol. The van der Waals surface area contributed by atoms with Crippen LogP contribution in [0.25, 0.3) is 0 Å². The smallest absolute Gasteiger partial charge is 0.357 e. The Morgan fingerprint density at radius 1 is 1.26 bits per heavy atom. The number of carbonyl (C=O) groups excluding carboxylic acids is 3. The molecule has 0 atom stereocenters. The van der Waals surface area contributed by atoms with E-state index >= 15 is 0 Å². The molecule has 0 radical (unpaired) electrons. The van der Waals surface area contributed by atoms with Crippen LogP contribution < -0.4 is 21.1 Å². The highest BCUT2D eigenvalue weighted by atomic mass is 32.1. The van der Waals surface area contributed by atoms with Gasteiger partial charge in [0, 0.05) is 18.0 Å². The second-order valence-electron chi connectivity index (χ2n) is 6.22. The minimum Gasteiger partial charge on any atom is -0.461 e. The van der Waals surface area contributed by atoms with E-state index in [9.17, 15) is 14.4 Å². The molecule has 1 aromatic rings. The lowest BCUT2D eigenvalue weighted by atomic mass is 9.96. The van der Waals surface area contributed by atoms with E-state index in [4.69, 9.17) is 4.74 Å². The van der Waals surface area contributed by atoms with Gasteiger partial charge in [-0.1, -0.05) is 26.2 Å². The van der Waals surface area contributed by atoms with Crippen LogP contribution in [-0.4, -0.2) is 42.2 Å². The first-order valence-corrected chi connectivity index (χ1v) is 10.2. The van der Waals surface area contributed by atoms with Crippen molar-refractivity contribution < 1.29 is 19.1 Å². The number of thiazole rings is 1. The van der Waals surface area contributed by atoms with Crippen LogP contribution in [0.4, 0.5) is 14.7 Å². The topological polar surface area (TPSA) is 113 Å². The maximum atomic E-state index is 12.5. The van der Waals surface area contributed by atoms with Crippen LogP contribution in [0.15, 0.2) is 5.38 Å². The molecule has 0 aliphatic heterocycles. The van der Waals surface area contributed by atoms with Crippen LogP contribution in [0.5, 0.6) is 0 Å². The van der Waals surface area contributed by atoms with Crippen LogP contribution >= 0.6 is 11.3 Å². The Kier molecular flexibility index (Phi) is 8.31. The van der Waals surface area contributed by atoms with Crippen molar-refractivity contribution in [3.63, 3.8) is 0 Å². The molecule has 0 saturated heterocycles. The summed E-state index contributed by atoms with van der Waals surface area (Å²) in [6.45, 7) is 4.31. The van der Waals surface area contributed by atoms with E-state index in [0.29, 0.717) is 6.54 Å². The average Bonchev–Trinajstić information content (AvgIpc) is 3.15. The molecule has 1 aliphatic rings. The number of aromatic nitrogens is 1. The zero-order valence-electron chi connectivity index (χ0n) is 15.7. The van der Waals surface area contributed by atoms with E-state index in [1.807, 2.05) is 6.92 Å². The van der Waals surface area contributed by atoms with Crippen molar-refractivity contribution in [2.24, 2.45) is 0 Å². The van der Waals surface area contributed by atoms with Gasteiger partial charge in [0.1, 0.15) is 0 Å². The van der Waals surface area contributed by atoms with Crippen molar-refractivity contribution in [3.8, 4) is 0 Å². The van der Waals surface area contributed by atoms with Crippen molar-refractivity contribution >= 4 is 34.5 Å². The third-order valence-corrected chi connectivity index (χ3v) is 4.88. The Labute approximate surface area is 162 Å². The molecule has 150 valence electrons. The summed E-state index contributed by atoms with van der Waals surface area (Å²) in [6.07, 6.45) is 5.96. The fourth-order valence-electron chi connectivity index (χ4n) is 2.73. The molecule has 3 N–H and O–H groups in total. The van der Waals surface area contributed by atoms with Crippen molar-refractivity contribution in [1.82, 2.24) is 21.0 Å². The number of hydrogen-bond donors (Lipinski definition) is 3. The summed E-state index contributed by atoms with van der Waals surface area (Å²) in [5, 5.41) is 8.30. The zero-order valence-corrected chi connectivity index (χ0v) is 16.6. The zero-order chi connectivity index (χ0) is 19.6. The third kappa shape index (κ3) is 6.38. The first-order valence-electron chi connectivity index (χ1n) is 9.32. The Morgan fingerprint density at radius 3 is 2.67 bits per heavy atom. The molecule has 2 rings (SSSR count). The van der Waals surface area contributed by atoms with Crippen LogP contribution in [-0.2, 0) is 4.74 Å². The maximum absolute atomic E-state index is 12.5. The molecule has 9 nitrogen and oxygen atoms in total. The number of nitrogens with zero attached hydrogens (tertiary/aromatic N) is 2. The van der Waals surface area contributed by atoms with E-state index < -0.39 is 18.0 Å². The molecular weight excluding hydrogens is 370 g/mol. The summed E-state index contributed by atoms with van der Waals surface area (Å²) in [5.74, 6) is -0.569. The second-order valence-corrected chi connectivity index (χ2v) is 7.06. The van der Waals surface area contributed by atoms with E-state index in [1.54, 1.807) is 6.92 Å². The number of urea groups is 2. The van der Waals surface area contributed by atoms with Gasteiger partial charge in [-0.05, 0) is 26.2 Å². The molecule has 10 heteroatoms. The van der Waals surface area contributed by atoms with Crippen LogP contribution in [0.2, 0.25) is 0 Å². The first-order chi connectivity index (χ1) is 13.0. The second kappa shape index (κ2) is 10.7. The minimum atomic E-state index is -0.569. The highest BCUT2D eigenvalue weighted by molar-refractivity contribution is 7.14. The molecule has 1 heterocycles. The Hall–Kier alpha value is -2.36. The molecule has 4 amide bonds. The van der Waals surface area contributed by atoms with E-state index in [0.717, 1.165) is 48.4 Å². The first kappa shape index (κ1) is 20.9. The van der Waals surface area contributed by atoms with Gasteiger partial charge in [-0.3, -0.25) is 0 Å². The number of hydrogen-bond acceptors (Lipinski definition) is 6. The molecule has 0 unspecified atom stereocenters. The SMILES string of the molecule is CCCNC(=O)N(NC(=O)NC1CCCCC1)c1nc(C(=O)OCC)cs1. The number of amides is 4. The van der Waals surface area contributed by atoms with Crippen molar-refractivity contribution in [1.29, 1.82) is 0 Å². The van der Waals surface area contributed by atoms with Gasteiger partial charge in [-0.15, -0.1) is 11.3 Å². The van der Waals surface area contributed by atoms with Crippen LogP contribution in [0.3, 0.4) is 0 Å². The highest BCUT2D eigenvalue weighted by Gasteiger charge is 2.24. The van der Waals surface area contributed by atoms with Gasteiger partial charge >= 0.3 is 18.0 Å². The molecule has 1 aromatic heterocycles.